The molecule has 4 fully saturated rings. The molecule has 4 heterocycles. The zero-order valence-electron chi connectivity index (χ0n) is 14.8. The number of alkyl halides is 2. The molecule has 0 aliphatic carbocycles. The molecule has 4 aliphatic heterocycles. The van der Waals surface area contributed by atoms with Crippen molar-refractivity contribution in [2.75, 3.05) is 26.4 Å². The van der Waals surface area contributed by atoms with E-state index in [4.69, 9.17) is 47.9 Å². The highest BCUT2D eigenvalue weighted by Gasteiger charge is 2.64. The molecule has 0 bridgehead atoms. The van der Waals surface area contributed by atoms with Gasteiger partial charge in [0.25, 0.3) is 0 Å². The molecule has 144 valence electrons. The molecular formula is C18H29Cl2NO4. The summed E-state index contributed by atoms with van der Waals surface area (Å²) in [6.45, 7) is 5.17. The van der Waals surface area contributed by atoms with Crippen LogP contribution in [0.1, 0.15) is 45.4 Å². The second kappa shape index (κ2) is 6.77. The second-order valence-electron chi connectivity index (χ2n) is 8.33. The second-order valence-corrected chi connectivity index (χ2v) is 9.81. The van der Waals surface area contributed by atoms with E-state index in [9.17, 15) is 0 Å². The Kier molecular flexibility index (Phi) is 5.07. The van der Waals surface area contributed by atoms with Crippen molar-refractivity contribution in [1.29, 1.82) is 0 Å². The highest BCUT2D eigenvalue weighted by atomic mass is 35.5. The molecule has 7 heteroatoms. The summed E-state index contributed by atoms with van der Waals surface area (Å²) in [6.07, 6.45) is 5.46. The van der Waals surface area contributed by atoms with E-state index in [1.807, 2.05) is 0 Å². The smallest absolute Gasteiger partial charge is 0.125 e. The van der Waals surface area contributed by atoms with Gasteiger partial charge in [0.15, 0.2) is 0 Å². The van der Waals surface area contributed by atoms with Crippen LogP contribution in [0.5, 0.6) is 0 Å². The van der Waals surface area contributed by atoms with Crippen LogP contribution in [0.2, 0.25) is 0 Å². The van der Waals surface area contributed by atoms with Crippen molar-refractivity contribution in [1.82, 2.24) is 0 Å². The minimum atomic E-state index is -0.932. The van der Waals surface area contributed by atoms with Crippen LogP contribution in [0.25, 0.3) is 0 Å². The lowest BCUT2D eigenvalue weighted by atomic mass is 9.58. The highest BCUT2D eigenvalue weighted by Crippen LogP contribution is 2.61. The Labute approximate surface area is 159 Å². The van der Waals surface area contributed by atoms with Gasteiger partial charge in [0.05, 0.1) is 50.8 Å². The number of halogens is 2. The van der Waals surface area contributed by atoms with Gasteiger partial charge >= 0.3 is 0 Å². The molecule has 0 aromatic carbocycles. The summed E-state index contributed by atoms with van der Waals surface area (Å²) in [5.74, 6) is 0. The number of hydrogen-bond acceptors (Lipinski definition) is 5. The van der Waals surface area contributed by atoms with Crippen LogP contribution in [0, 0.1) is 5.41 Å². The molecule has 0 saturated carbocycles. The maximum absolute atomic E-state index is 7.19. The number of epoxide rings is 4. The Balaban J connectivity index is 1.70. The molecule has 0 aromatic rings. The summed E-state index contributed by atoms with van der Waals surface area (Å²) >= 11 is 14.2. The van der Waals surface area contributed by atoms with Gasteiger partial charge in [-0.15, -0.1) is 23.2 Å². The van der Waals surface area contributed by atoms with E-state index in [-0.39, 0.29) is 24.4 Å². The van der Waals surface area contributed by atoms with Crippen molar-refractivity contribution in [2.24, 2.45) is 11.1 Å². The quantitative estimate of drug-likeness (QED) is 0.407. The third-order valence-corrected chi connectivity index (χ3v) is 7.26. The molecule has 0 spiro atoms. The summed E-state index contributed by atoms with van der Waals surface area (Å²) in [6, 6.07) is 0. The van der Waals surface area contributed by atoms with Crippen molar-refractivity contribution in [2.45, 2.75) is 79.7 Å². The Morgan fingerprint density at radius 2 is 1.16 bits per heavy atom. The van der Waals surface area contributed by atoms with Gasteiger partial charge in [0.1, 0.15) is 4.33 Å². The number of hydrogen-bond donors (Lipinski definition) is 1. The van der Waals surface area contributed by atoms with Crippen LogP contribution < -0.4 is 5.73 Å². The van der Waals surface area contributed by atoms with Crippen LogP contribution >= 0.6 is 23.2 Å². The molecule has 4 aliphatic rings. The minimum absolute atomic E-state index is 0.190. The zero-order chi connectivity index (χ0) is 17.7. The summed E-state index contributed by atoms with van der Waals surface area (Å²) in [5, 5.41) is 0. The molecule has 5 nitrogen and oxygen atoms in total. The predicted molar refractivity (Wildman–Crippen MR) is 96.1 cm³/mol. The average Bonchev–Trinajstić information content (AvgIpc) is 3.36. The molecule has 2 N–H and O–H groups in total. The van der Waals surface area contributed by atoms with Gasteiger partial charge in [0, 0.05) is 11.0 Å². The first-order valence-corrected chi connectivity index (χ1v) is 10.3. The van der Waals surface area contributed by atoms with Crippen molar-refractivity contribution < 1.29 is 18.9 Å². The van der Waals surface area contributed by atoms with Crippen molar-refractivity contribution in [3.05, 3.63) is 0 Å². The molecule has 4 saturated heterocycles. The van der Waals surface area contributed by atoms with E-state index in [0.29, 0.717) is 6.42 Å². The van der Waals surface area contributed by atoms with Crippen molar-refractivity contribution in [3.8, 4) is 0 Å². The van der Waals surface area contributed by atoms with E-state index in [1.54, 1.807) is 0 Å². The highest BCUT2D eigenvalue weighted by molar-refractivity contribution is 6.49. The Bertz CT molecular complexity index is 459. The summed E-state index contributed by atoms with van der Waals surface area (Å²) in [5.41, 5.74) is 6.14. The fourth-order valence-corrected chi connectivity index (χ4v) is 5.58. The SMILES string of the molecule is CCCC(Cl)(Cl)C(CC1CO1)(CC1CO1)C(N)(CC1CO1)CC1CO1. The number of ether oxygens (including phenoxy) is 4. The lowest BCUT2D eigenvalue weighted by molar-refractivity contribution is 0.0261. The van der Waals surface area contributed by atoms with Gasteiger partial charge in [-0.05, 0) is 32.1 Å². The largest absolute Gasteiger partial charge is 0.373 e. The topological polar surface area (TPSA) is 76.1 Å². The normalized spacial score (nSPS) is 37.9. The monoisotopic (exact) mass is 393 g/mol. The maximum Gasteiger partial charge on any atom is 0.125 e. The third-order valence-electron chi connectivity index (χ3n) is 6.16. The summed E-state index contributed by atoms with van der Waals surface area (Å²) < 4.78 is 21.4. The van der Waals surface area contributed by atoms with E-state index in [1.165, 1.54) is 0 Å². The van der Waals surface area contributed by atoms with Gasteiger partial charge in [-0.25, -0.2) is 0 Å². The van der Waals surface area contributed by atoms with E-state index in [2.05, 4.69) is 6.92 Å². The average molecular weight is 394 g/mol. The first-order valence-electron chi connectivity index (χ1n) is 9.51. The summed E-state index contributed by atoms with van der Waals surface area (Å²) in [7, 11) is 0. The summed E-state index contributed by atoms with van der Waals surface area (Å²) in [4.78, 5) is 0. The molecule has 0 aromatic heterocycles. The molecule has 4 unspecified atom stereocenters. The van der Waals surface area contributed by atoms with E-state index < -0.39 is 15.3 Å². The lowest BCUT2D eigenvalue weighted by Crippen LogP contribution is -2.65. The molecule has 4 rings (SSSR count). The first-order chi connectivity index (χ1) is 11.9. The van der Waals surface area contributed by atoms with Gasteiger partial charge < -0.3 is 24.7 Å². The maximum atomic E-state index is 7.19. The zero-order valence-corrected chi connectivity index (χ0v) is 16.4. The predicted octanol–water partition coefficient (Wildman–Crippen LogP) is 2.80. The van der Waals surface area contributed by atoms with Crippen LogP contribution in [0.15, 0.2) is 0 Å². The minimum Gasteiger partial charge on any atom is -0.373 e. The third kappa shape index (κ3) is 4.13. The fourth-order valence-electron chi connectivity index (χ4n) is 4.51. The van der Waals surface area contributed by atoms with Gasteiger partial charge in [-0.2, -0.15) is 0 Å². The van der Waals surface area contributed by atoms with E-state index >= 15 is 0 Å². The standard InChI is InChI=1S/C18H29Cl2NO4/c1-2-3-18(19,20)16(4-12-8-22-12,5-13-9-23-13)17(21,6-14-10-24-14)7-15-11-25-15/h12-15H,2-11,21H2,1H3. The van der Waals surface area contributed by atoms with E-state index in [0.717, 1.165) is 58.5 Å². The van der Waals surface area contributed by atoms with Gasteiger partial charge in [-0.3, -0.25) is 0 Å². The molecular weight excluding hydrogens is 365 g/mol. The fraction of sp³-hybridized carbons (Fsp3) is 1.00. The first kappa shape index (κ1) is 18.7. The van der Waals surface area contributed by atoms with Crippen LogP contribution in [-0.4, -0.2) is 60.7 Å². The molecule has 0 amide bonds. The molecule has 4 atom stereocenters. The Morgan fingerprint density at radius 1 is 0.800 bits per heavy atom. The van der Waals surface area contributed by atoms with Crippen LogP contribution in [0.3, 0.4) is 0 Å². The van der Waals surface area contributed by atoms with Crippen molar-refractivity contribution >= 4 is 23.2 Å². The van der Waals surface area contributed by atoms with Crippen molar-refractivity contribution in [3.63, 3.8) is 0 Å². The van der Waals surface area contributed by atoms with Gasteiger partial charge in [0.2, 0.25) is 0 Å². The lowest BCUT2D eigenvalue weighted by Gasteiger charge is -2.55. The molecule has 25 heavy (non-hydrogen) atoms. The van der Waals surface area contributed by atoms with Crippen LogP contribution in [-0.2, 0) is 18.9 Å². The Hall–Kier alpha value is 0.380. The number of nitrogens with two attached hydrogens (primary N) is 1. The Morgan fingerprint density at radius 3 is 1.48 bits per heavy atom. The molecule has 0 radical (unpaired) electrons. The van der Waals surface area contributed by atoms with Crippen LogP contribution in [0.4, 0.5) is 0 Å². The van der Waals surface area contributed by atoms with Gasteiger partial charge in [-0.1, -0.05) is 13.3 Å². The number of rotatable bonds is 12.